The number of fused-ring (bicyclic) bond motifs is 1. The normalized spacial score (nSPS) is 15.1. The summed E-state index contributed by atoms with van der Waals surface area (Å²) in [6.45, 7) is 2.39. The summed E-state index contributed by atoms with van der Waals surface area (Å²) in [5.41, 5.74) is 0.301. The van der Waals surface area contributed by atoms with E-state index in [1.165, 1.54) is 17.4 Å². The fourth-order valence-electron chi connectivity index (χ4n) is 1.48. The van der Waals surface area contributed by atoms with Crippen molar-refractivity contribution in [2.24, 2.45) is 0 Å². The van der Waals surface area contributed by atoms with Crippen molar-refractivity contribution >= 4 is 11.7 Å². The Bertz CT molecular complexity index is 442. The first-order chi connectivity index (χ1) is 7.27. The minimum Gasteiger partial charge on any atom is -0.467 e. The molecule has 0 radical (unpaired) electrons. The van der Waals surface area contributed by atoms with Crippen LogP contribution in [-0.2, 0) is 16.2 Å². The van der Waals surface area contributed by atoms with Crippen LogP contribution < -0.4 is 0 Å². The molecular formula is C10H9NO4. The summed E-state index contributed by atoms with van der Waals surface area (Å²) in [6, 6.07) is 1.54. The zero-order valence-electron chi connectivity index (χ0n) is 8.15. The van der Waals surface area contributed by atoms with E-state index in [9.17, 15) is 9.59 Å². The monoisotopic (exact) mass is 207 g/mol. The smallest absolute Gasteiger partial charge is 0.226 e. The Kier molecular flexibility index (Phi) is 2.41. The number of nitrogens with zero attached hydrogens (tertiary/aromatic N) is 1. The highest BCUT2D eigenvalue weighted by molar-refractivity contribution is 6.13. The van der Waals surface area contributed by atoms with Crippen molar-refractivity contribution in [3.63, 3.8) is 0 Å². The molecule has 1 aliphatic rings. The van der Waals surface area contributed by atoms with E-state index in [-0.39, 0.29) is 12.2 Å². The van der Waals surface area contributed by atoms with Crippen LogP contribution in [0.5, 0.6) is 0 Å². The van der Waals surface area contributed by atoms with Crippen LogP contribution in [0.2, 0.25) is 0 Å². The lowest BCUT2D eigenvalue weighted by atomic mass is 10.1. The van der Waals surface area contributed by atoms with Crippen LogP contribution in [0.4, 0.5) is 0 Å². The molecule has 1 aromatic rings. The van der Waals surface area contributed by atoms with Crippen LogP contribution in [0.25, 0.3) is 0 Å². The lowest BCUT2D eigenvalue weighted by Gasteiger charge is -2.25. The van der Waals surface area contributed by atoms with Crippen molar-refractivity contribution in [1.29, 1.82) is 0 Å². The van der Waals surface area contributed by atoms with Gasteiger partial charge in [-0.2, -0.15) is 0 Å². The molecule has 0 spiro atoms. The molecule has 0 fully saturated rings. The van der Waals surface area contributed by atoms with Crippen LogP contribution in [-0.4, -0.2) is 23.4 Å². The quantitative estimate of drug-likeness (QED) is 0.533. The lowest BCUT2D eigenvalue weighted by molar-refractivity contribution is -0.134. The van der Waals surface area contributed by atoms with Gasteiger partial charge in [0.25, 0.3) is 0 Å². The molecule has 0 amide bonds. The molecular weight excluding hydrogens is 198 g/mol. The van der Waals surface area contributed by atoms with Crippen LogP contribution in [0, 0.1) is 0 Å². The fourth-order valence-corrected chi connectivity index (χ4v) is 1.48. The summed E-state index contributed by atoms with van der Waals surface area (Å²) in [5, 5.41) is 1.21. The second kappa shape index (κ2) is 3.73. The SMILES string of the molecule is CCON1Cc2occc2C(=O)C1=C=O. The predicted molar refractivity (Wildman–Crippen MR) is 49.4 cm³/mol. The van der Waals surface area contributed by atoms with Crippen LogP contribution in [0.15, 0.2) is 22.4 Å². The molecule has 5 nitrogen and oxygen atoms in total. The molecule has 2 heterocycles. The number of Topliss-reactive ketones (excluding diaryl/α,β-unsaturated/α-hetero) is 1. The number of rotatable bonds is 2. The van der Waals surface area contributed by atoms with Crippen molar-refractivity contribution in [3.05, 3.63) is 29.4 Å². The predicted octanol–water partition coefficient (Wildman–Crippen LogP) is 0.945. The maximum Gasteiger partial charge on any atom is 0.226 e. The molecule has 0 saturated carbocycles. The Labute approximate surface area is 85.9 Å². The highest BCUT2D eigenvalue weighted by atomic mass is 16.7. The number of hydroxylamine groups is 2. The summed E-state index contributed by atoms with van der Waals surface area (Å²) in [4.78, 5) is 27.5. The Balaban J connectivity index is 2.42. The first kappa shape index (κ1) is 9.71. The van der Waals surface area contributed by atoms with E-state index < -0.39 is 5.78 Å². The Hall–Kier alpha value is -1.84. The maximum absolute atomic E-state index is 11.7. The van der Waals surface area contributed by atoms with Gasteiger partial charge in [0.1, 0.15) is 12.3 Å². The molecule has 0 aliphatic carbocycles. The standard InChI is InChI=1S/C10H9NO4/c1-2-15-11-5-9-7(3-4-14-9)10(13)8(11)6-12/h3-4H,2,5H2,1H3. The number of furan rings is 1. The van der Waals surface area contributed by atoms with E-state index in [0.717, 1.165) is 0 Å². The lowest BCUT2D eigenvalue weighted by Crippen LogP contribution is -2.32. The molecule has 1 aromatic heterocycles. The van der Waals surface area contributed by atoms with Crippen molar-refractivity contribution < 1.29 is 18.8 Å². The van der Waals surface area contributed by atoms with Gasteiger partial charge in [0.05, 0.1) is 18.4 Å². The first-order valence-electron chi connectivity index (χ1n) is 4.54. The zero-order valence-corrected chi connectivity index (χ0v) is 8.15. The number of hydrogen-bond acceptors (Lipinski definition) is 5. The van der Waals surface area contributed by atoms with Crippen molar-refractivity contribution in [2.75, 3.05) is 6.61 Å². The number of allylic oxidation sites excluding steroid dienone is 1. The maximum atomic E-state index is 11.7. The van der Waals surface area contributed by atoms with E-state index in [2.05, 4.69) is 0 Å². The average Bonchev–Trinajstić information content (AvgIpc) is 2.67. The third kappa shape index (κ3) is 1.48. The zero-order chi connectivity index (χ0) is 10.8. The van der Waals surface area contributed by atoms with Crippen molar-refractivity contribution in [2.45, 2.75) is 13.5 Å². The first-order valence-corrected chi connectivity index (χ1v) is 4.54. The molecule has 78 valence electrons. The summed E-state index contributed by atoms with van der Waals surface area (Å²) >= 11 is 0. The fraction of sp³-hybridized carbons (Fsp3) is 0.300. The van der Waals surface area contributed by atoms with Gasteiger partial charge in [-0.05, 0) is 13.0 Å². The van der Waals surface area contributed by atoms with Gasteiger partial charge in [0.2, 0.25) is 5.78 Å². The highest BCUT2D eigenvalue weighted by Crippen LogP contribution is 2.25. The summed E-state index contributed by atoms with van der Waals surface area (Å²) in [6.07, 6.45) is 1.42. The van der Waals surface area contributed by atoms with Gasteiger partial charge in [0, 0.05) is 0 Å². The van der Waals surface area contributed by atoms with Crippen molar-refractivity contribution in [1.82, 2.24) is 5.06 Å². The Morgan fingerprint density at radius 3 is 3.13 bits per heavy atom. The van der Waals surface area contributed by atoms with Gasteiger partial charge in [-0.3, -0.25) is 9.63 Å². The molecule has 2 rings (SSSR count). The molecule has 0 bridgehead atoms. The second-order valence-electron chi connectivity index (χ2n) is 2.99. The van der Waals surface area contributed by atoms with E-state index in [4.69, 9.17) is 9.25 Å². The largest absolute Gasteiger partial charge is 0.467 e. The van der Waals surface area contributed by atoms with Crippen molar-refractivity contribution in [3.8, 4) is 0 Å². The highest BCUT2D eigenvalue weighted by Gasteiger charge is 2.31. The van der Waals surface area contributed by atoms with E-state index in [0.29, 0.717) is 17.9 Å². The van der Waals surface area contributed by atoms with Gasteiger partial charge in [-0.25, -0.2) is 9.86 Å². The van der Waals surface area contributed by atoms with Gasteiger partial charge < -0.3 is 4.42 Å². The minimum atomic E-state index is -0.409. The molecule has 0 aromatic carbocycles. The molecule has 15 heavy (non-hydrogen) atoms. The summed E-state index contributed by atoms with van der Waals surface area (Å²) in [7, 11) is 0. The van der Waals surface area contributed by atoms with Gasteiger partial charge in [-0.15, -0.1) is 0 Å². The molecule has 0 N–H and O–H groups in total. The number of ketones is 1. The third-order valence-electron chi connectivity index (χ3n) is 2.12. The summed E-state index contributed by atoms with van der Waals surface area (Å²) < 4.78 is 5.11. The van der Waals surface area contributed by atoms with Gasteiger partial charge in [0.15, 0.2) is 11.6 Å². The summed E-state index contributed by atoms with van der Waals surface area (Å²) in [5.74, 6) is 1.69. The number of hydrogen-bond donors (Lipinski definition) is 0. The molecule has 0 atom stereocenters. The molecule has 0 unspecified atom stereocenters. The molecule has 5 heteroatoms. The third-order valence-corrected chi connectivity index (χ3v) is 2.12. The minimum absolute atomic E-state index is 0.106. The van der Waals surface area contributed by atoms with E-state index >= 15 is 0 Å². The van der Waals surface area contributed by atoms with E-state index in [1.54, 1.807) is 12.9 Å². The average molecular weight is 207 g/mol. The van der Waals surface area contributed by atoms with Crippen LogP contribution in [0.3, 0.4) is 0 Å². The second-order valence-corrected chi connectivity index (χ2v) is 2.99. The van der Waals surface area contributed by atoms with Gasteiger partial charge >= 0.3 is 0 Å². The van der Waals surface area contributed by atoms with Crippen LogP contribution >= 0.6 is 0 Å². The van der Waals surface area contributed by atoms with E-state index in [1.807, 2.05) is 0 Å². The van der Waals surface area contributed by atoms with Gasteiger partial charge in [-0.1, -0.05) is 0 Å². The topological polar surface area (TPSA) is 59.8 Å². The molecule has 1 aliphatic heterocycles. The number of carbonyl (C=O) groups excluding carboxylic acids is 2. The number of carbonyl (C=O) groups is 1. The Morgan fingerprint density at radius 2 is 2.47 bits per heavy atom. The Morgan fingerprint density at radius 1 is 1.67 bits per heavy atom. The molecule has 0 saturated heterocycles. The van der Waals surface area contributed by atoms with Crippen LogP contribution in [0.1, 0.15) is 23.0 Å².